The average Bonchev–Trinajstić information content (AvgIpc) is 2.33. The van der Waals surface area contributed by atoms with E-state index in [2.05, 4.69) is 20.1 Å². The highest BCUT2D eigenvalue weighted by Crippen LogP contribution is 2.23. The summed E-state index contributed by atoms with van der Waals surface area (Å²) < 4.78 is 11.0. The zero-order chi connectivity index (χ0) is 11.8. The highest BCUT2D eigenvalue weighted by Gasteiger charge is 2.01. The van der Waals surface area contributed by atoms with E-state index in [1.54, 1.807) is 12.2 Å². The van der Waals surface area contributed by atoms with Gasteiger partial charge in [0.25, 0.3) is 0 Å². The molecule has 0 aliphatic heterocycles. The van der Waals surface area contributed by atoms with Crippen LogP contribution in [0.2, 0.25) is 0 Å². The number of rotatable bonds is 7. The summed E-state index contributed by atoms with van der Waals surface area (Å²) in [5.74, 6) is 1.64. The van der Waals surface area contributed by atoms with Crippen molar-refractivity contribution in [3.8, 4) is 11.5 Å². The molecule has 1 aromatic carbocycles. The summed E-state index contributed by atoms with van der Waals surface area (Å²) in [5, 5.41) is 0. The van der Waals surface area contributed by atoms with E-state index in [9.17, 15) is 0 Å². The summed E-state index contributed by atoms with van der Waals surface area (Å²) in [5.41, 5.74) is 1.20. The highest BCUT2D eigenvalue weighted by molar-refractivity contribution is 5.38. The molecule has 0 heterocycles. The summed E-state index contributed by atoms with van der Waals surface area (Å²) in [4.78, 5) is 0. The van der Waals surface area contributed by atoms with Crippen LogP contribution in [0, 0.1) is 0 Å². The van der Waals surface area contributed by atoms with Crippen molar-refractivity contribution in [1.29, 1.82) is 0 Å². The van der Waals surface area contributed by atoms with Gasteiger partial charge in [0.05, 0.1) is 0 Å². The minimum atomic E-state index is 0.508. The Morgan fingerprint density at radius 2 is 1.50 bits per heavy atom. The third-order valence-corrected chi connectivity index (χ3v) is 2.08. The third kappa shape index (κ3) is 3.81. The average molecular weight is 218 g/mol. The van der Waals surface area contributed by atoms with Crippen LogP contribution in [0.15, 0.2) is 43.5 Å². The lowest BCUT2D eigenvalue weighted by molar-refractivity contribution is 0.344. The first-order valence-corrected chi connectivity index (χ1v) is 5.41. The molecule has 2 nitrogen and oxygen atoms in total. The molecule has 0 amide bonds. The van der Waals surface area contributed by atoms with Crippen LogP contribution in [0.4, 0.5) is 0 Å². The number of hydrogen-bond acceptors (Lipinski definition) is 2. The molecule has 0 N–H and O–H groups in total. The fourth-order valence-electron chi connectivity index (χ4n) is 1.31. The smallest absolute Gasteiger partial charge is 0.123 e. The fraction of sp³-hybridized carbons (Fsp3) is 0.286. The maximum absolute atomic E-state index is 5.49. The number of hydrogen-bond donors (Lipinski definition) is 0. The van der Waals surface area contributed by atoms with Gasteiger partial charge >= 0.3 is 0 Å². The van der Waals surface area contributed by atoms with Crippen molar-refractivity contribution >= 4 is 0 Å². The van der Waals surface area contributed by atoms with Crippen LogP contribution in [-0.2, 0) is 6.42 Å². The molecule has 0 fully saturated rings. The molecule has 0 unspecified atom stereocenters. The normalized spacial score (nSPS) is 9.56. The lowest BCUT2D eigenvalue weighted by Crippen LogP contribution is -1.97. The van der Waals surface area contributed by atoms with E-state index in [4.69, 9.17) is 9.47 Å². The molecule has 0 saturated heterocycles. The molecule has 2 heteroatoms. The number of aryl methyl sites for hydroxylation is 1. The Morgan fingerprint density at radius 3 is 1.88 bits per heavy atom. The molecule has 86 valence electrons. The number of benzene rings is 1. The standard InChI is InChI=1S/C14H18O2/c1-4-7-15-13-9-12(6-3)10-14(11-13)16-8-5-2/h4-5,9-11H,1-2,6-8H2,3H3. The van der Waals surface area contributed by atoms with Gasteiger partial charge in [0.1, 0.15) is 24.7 Å². The second-order valence-electron chi connectivity index (χ2n) is 3.37. The molecule has 0 atom stereocenters. The van der Waals surface area contributed by atoms with Gasteiger partial charge in [-0.05, 0) is 24.1 Å². The van der Waals surface area contributed by atoms with Crippen LogP contribution in [-0.4, -0.2) is 13.2 Å². The molecule has 0 saturated carbocycles. The van der Waals surface area contributed by atoms with E-state index in [0.29, 0.717) is 13.2 Å². The number of ether oxygens (including phenoxy) is 2. The lowest BCUT2D eigenvalue weighted by Gasteiger charge is -2.09. The Bertz CT molecular complexity index is 326. The van der Waals surface area contributed by atoms with Crippen LogP contribution >= 0.6 is 0 Å². The molecule has 0 aliphatic rings. The van der Waals surface area contributed by atoms with Crippen molar-refractivity contribution in [2.45, 2.75) is 13.3 Å². The highest BCUT2D eigenvalue weighted by atomic mass is 16.5. The fourth-order valence-corrected chi connectivity index (χ4v) is 1.31. The van der Waals surface area contributed by atoms with Crippen molar-refractivity contribution in [3.05, 3.63) is 49.1 Å². The Hall–Kier alpha value is -1.70. The lowest BCUT2D eigenvalue weighted by atomic mass is 10.1. The Kier molecular flexibility index (Phi) is 5.20. The quantitative estimate of drug-likeness (QED) is 0.653. The summed E-state index contributed by atoms with van der Waals surface area (Å²) in [6, 6.07) is 5.92. The van der Waals surface area contributed by atoms with E-state index in [1.165, 1.54) is 5.56 Å². The van der Waals surface area contributed by atoms with Crippen molar-refractivity contribution in [3.63, 3.8) is 0 Å². The van der Waals surface area contributed by atoms with Crippen LogP contribution in [0.25, 0.3) is 0 Å². The molecule has 0 aromatic heterocycles. The maximum atomic E-state index is 5.49. The second kappa shape index (κ2) is 6.72. The first-order valence-electron chi connectivity index (χ1n) is 5.41. The van der Waals surface area contributed by atoms with Gasteiger partial charge in [-0.15, -0.1) is 0 Å². The zero-order valence-electron chi connectivity index (χ0n) is 9.74. The van der Waals surface area contributed by atoms with Crippen LogP contribution in [0.3, 0.4) is 0 Å². The predicted octanol–water partition coefficient (Wildman–Crippen LogP) is 3.38. The Labute approximate surface area is 97.2 Å². The van der Waals surface area contributed by atoms with Gasteiger partial charge in [0, 0.05) is 6.07 Å². The van der Waals surface area contributed by atoms with Crippen molar-refractivity contribution in [2.24, 2.45) is 0 Å². The van der Waals surface area contributed by atoms with Gasteiger partial charge in [0.15, 0.2) is 0 Å². The van der Waals surface area contributed by atoms with Crippen LogP contribution in [0.5, 0.6) is 11.5 Å². The van der Waals surface area contributed by atoms with Crippen molar-refractivity contribution in [1.82, 2.24) is 0 Å². The molecule has 0 radical (unpaired) electrons. The third-order valence-electron chi connectivity index (χ3n) is 2.08. The first-order chi connectivity index (χ1) is 7.80. The predicted molar refractivity (Wildman–Crippen MR) is 67.2 cm³/mol. The summed E-state index contributed by atoms with van der Waals surface area (Å²) in [6.45, 7) is 10.4. The van der Waals surface area contributed by atoms with Gasteiger partial charge in [-0.1, -0.05) is 32.2 Å². The molecule has 0 bridgehead atoms. The molecule has 16 heavy (non-hydrogen) atoms. The van der Waals surface area contributed by atoms with Gasteiger partial charge in [-0.3, -0.25) is 0 Å². The van der Waals surface area contributed by atoms with E-state index in [0.717, 1.165) is 17.9 Å². The van der Waals surface area contributed by atoms with Crippen LogP contribution in [0.1, 0.15) is 12.5 Å². The molecule has 1 rings (SSSR count). The largest absolute Gasteiger partial charge is 0.489 e. The van der Waals surface area contributed by atoms with E-state index >= 15 is 0 Å². The van der Waals surface area contributed by atoms with Gasteiger partial charge < -0.3 is 9.47 Å². The Balaban J connectivity index is 2.81. The second-order valence-corrected chi connectivity index (χ2v) is 3.37. The van der Waals surface area contributed by atoms with Gasteiger partial charge in [-0.2, -0.15) is 0 Å². The van der Waals surface area contributed by atoms with Crippen molar-refractivity contribution in [2.75, 3.05) is 13.2 Å². The van der Waals surface area contributed by atoms with E-state index < -0.39 is 0 Å². The van der Waals surface area contributed by atoms with E-state index in [-0.39, 0.29) is 0 Å². The molecule has 0 aliphatic carbocycles. The summed E-state index contributed by atoms with van der Waals surface area (Å²) in [6.07, 6.45) is 4.40. The SMILES string of the molecule is C=CCOc1cc(CC)cc(OCC=C)c1. The van der Waals surface area contributed by atoms with Crippen LogP contribution < -0.4 is 9.47 Å². The molecular weight excluding hydrogens is 200 g/mol. The molecule has 1 aromatic rings. The topological polar surface area (TPSA) is 18.5 Å². The monoisotopic (exact) mass is 218 g/mol. The van der Waals surface area contributed by atoms with Gasteiger partial charge in [-0.25, -0.2) is 0 Å². The van der Waals surface area contributed by atoms with Gasteiger partial charge in [0.2, 0.25) is 0 Å². The summed E-state index contributed by atoms with van der Waals surface area (Å²) in [7, 11) is 0. The minimum Gasteiger partial charge on any atom is -0.489 e. The maximum Gasteiger partial charge on any atom is 0.123 e. The molecular formula is C14H18O2. The zero-order valence-corrected chi connectivity index (χ0v) is 9.74. The Morgan fingerprint density at radius 1 is 1.00 bits per heavy atom. The first kappa shape index (κ1) is 12.4. The molecule has 0 spiro atoms. The van der Waals surface area contributed by atoms with E-state index in [1.807, 2.05) is 18.2 Å². The minimum absolute atomic E-state index is 0.508. The summed E-state index contributed by atoms with van der Waals surface area (Å²) >= 11 is 0. The van der Waals surface area contributed by atoms with Crippen molar-refractivity contribution < 1.29 is 9.47 Å².